The van der Waals surface area contributed by atoms with Crippen LogP contribution in [0.4, 0.5) is 0 Å². The van der Waals surface area contributed by atoms with Crippen LogP contribution in [0.5, 0.6) is 11.5 Å². The largest absolute Gasteiger partial charge is 0.486 e. The van der Waals surface area contributed by atoms with E-state index in [1.807, 2.05) is 24.3 Å². The van der Waals surface area contributed by atoms with Crippen molar-refractivity contribution in [2.75, 3.05) is 13.2 Å². The molecule has 106 valence electrons. The van der Waals surface area contributed by atoms with Crippen molar-refractivity contribution in [3.05, 3.63) is 47.4 Å². The van der Waals surface area contributed by atoms with Gasteiger partial charge in [-0.05, 0) is 29.8 Å². The number of fused-ring (bicyclic) bond motifs is 1. The van der Waals surface area contributed by atoms with E-state index in [-0.39, 0.29) is 6.61 Å². The number of hydrogen-bond acceptors (Lipinski definition) is 5. The Labute approximate surface area is 117 Å². The third-order valence-electron chi connectivity index (χ3n) is 3.11. The zero-order chi connectivity index (χ0) is 13.8. The average molecular weight is 275 g/mol. The van der Waals surface area contributed by atoms with Crippen molar-refractivity contribution >= 4 is 0 Å². The Bertz CT molecular complexity index is 579. The molecule has 0 bridgehead atoms. The van der Waals surface area contributed by atoms with Crippen LogP contribution in [0.1, 0.15) is 17.1 Å². The molecule has 2 N–H and O–H groups in total. The minimum absolute atomic E-state index is 0.0673. The molecule has 0 saturated carbocycles. The lowest BCUT2D eigenvalue weighted by atomic mass is 10.2. The van der Waals surface area contributed by atoms with Crippen molar-refractivity contribution in [1.82, 2.24) is 5.32 Å². The first kappa shape index (κ1) is 13.0. The molecule has 5 nitrogen and oxygen atoms in total. The van der Waals surface area contributed by atoms with Crippen LogP contribution in [0.3, 0.4) is 0 Å². The molecular weight excluding hydrogens is 258 g/mol. The molecule has 0 aliphatic carbocycles. The second-order valence-corrected chi connectivity index (χ2v) is 4.61. The molecule has 20 heavy (non-hydrogen) atoms. The molecule has 0 fully saturated rings. The Morgan fingerprint density at radius 2 is 1.75 bits per heavy atom. The van der Waals surface area contributed by atoms with Crippen molar-refractivity contribution in [2.45, 2.75) is 19.7 Å². The number of ether oxygens (including phenoxy) is 2. The second kappa shape index (κ2) is 5.98. The zero-order valence-electron chi connectivity index (χ0n) is 11.1. The summed E-state index contributed by atoms with van der Waals surface area (Å²) in [4.78, 5) is 0. The summed E-state index contributed by atoms with van der Waals surface area (Å²) in [6, 6.07) is 9.58. The third kappa shape index (κ3) is 2.95. The van der Waals surface area contributed by atoms with Gasteiger partial charge in [0.25, 0.3) is 0 Å². The Hall–Kier alpha value is -1.98. The number of benzene rings is 1. The Morgan fingerprint density at radius 3 is 2.55 bits per heavy atom. The third-order valence-corrected chi connectivity index (χ3v) is 3.11. The number of rotatable bonds is 5. The predicted molar refractivity (Wildman–Crippen MR) is 72.6 cm³/mol. The number of hydrogen-bond donors (Lipinski definition) is 2. The molecule has 1 aromatic carbocycles. The van der Waals surface area contributed by atoms with Crippen molar-refractivity contribution in [3.8, 4) is 11.5 Å². The molecule has 5 heteroatoms. The summed E-state index contributed by atoms with van der Waals surface area (Å²) in [5.41, 5.74) is 1.13. The van der Waals surface area contributed by atoms with E-state index in [0.29, 0.717) is 32.1 Å². The number of furan rings is 1. The average Bonchev–Trinajstić information content (AvgIpc) is 2.95. The topological polar surface area (TPSA) is 63.9 Å². The van der Waals surface area contributed by atoms with Gasteiger partial charge >= 0.3 is 0 Å². The van der Waals surface area contributed by atoms with Crippen LogP contribution < -0.4 is 14.8 Å². The maximum absolute atomic E-state index is 8.93. The molecule has 0 unspecified atom stereocenters. The van der Waals surface area contributed by atoms with E-state index in [1.165, 1.54) is 0 Å². The zero-order valence-corrected chi connectivity index (χ0v) is 11.1. The van der Waals surface area contributed by atoms with E-state index in [4.69, 9.17) is 19.0 Å². The first-order valence-electron chi connectivity index (χ1n) is 6.63. The lowest BCUT2D eigenvalue weighted by Crippen LogP contribution is -2.16. The van der Waals surface area contributed by atoms with Crippen LogP contribution in [0, 0.1) is 0 Å². The molecule has 2 heterocycles. The highest BCUT2D eigenvalue weighted by Gasteiger charge is 2.11. The molecule has 1 aliphatic rings. The highest BCUT2D eigenvalue weighted by molar-refractivity contribution is 5.43. The van der Waals surface area contributed by atoms with E-state index < -0.39 is 0 Å². The standard InChI is InChI=1S/C15H17NO4/c17-10-13-3-2-12(20-13)9-16-8-11-1-4-14-15(7-11)19-6-5-18-14/h1-4,7,16-17H,5-6,8-10H2. The molecular formula is C15H17NO4. The van der Waals surface area contributed by atoms with Crippen molar-refractivity contribution in [3.63, 3.8) is 0 Å². The molecule has 1 aliphatic heterocycles. The first-order valence-corrected chi connectivity index (χ1v) is 6.63. The molecule has 0 radical (unpaired) electrons. The van der Waals surface area contributed by atoms with Crippen LogP contribution in [0.2, 0.25) is 0 Å². The minimum atomic E-state index is -0.0673. The van der Waals surface area contributed by atoms with E-state index in [1.54, 1.807) is 6.07 Å². The maximum Gasteiger partial charge on any atom is 0.161 e. The van der Waals surface area contributed by atoms with Gasteiger partial charge in [-0.3, -0.25) is 0 Å². The van der Waals surface area contributed by atoms with E-state index in [2.05, 4.69) is 5.32 Å². The van der Waals surface area contributed by atoms with Crippen LogP contribution in [-0.4, -0.2) is 18.3 Å². The van der Waals surface area contributed by atoms with E-state index in [9.17, 15) is 0 Å². The summed E-state index contributed by atoms with van der Waals surface area (Å²) < 4.78 is 16.4. The second-order valence-electron chi connectivity index (χ2n) is 4.61. The van der Waals surface area contributed by atoms with Gasteiger partial charge < -0.3 is 24.3 Å². The summed E-state index contributed by atoms with van der Waals surface area (Å²) in [6.07, 6.45) is 0. The molecule has 0 saturated heterocycles. The van der Waals surface area contributed by atoms with E-state index >= 15 is 0 Å². The van der Waals surface area contributed by atoms with Gasteiger partial charge in [0.05, 0.1) is 6.54 Å². The van der Waals surface area contributed by atoms with Gasteiger partial charge in [0, 0.05) is 6.54 Å². The lowest BCUT2D eigenvalue weighted by molar-refractivity contribution is 0.171. The van der Waals surface area contributed by atoms with Crippen LogP contribution >= 0.6 is 0 Å². The Balaban J connectivity index is 1.55. The van der Waals surface area contributed by atoms with Crippen molar-refractivity contribution < 1.29 is 19.0 Å². The van der Waals surface area contributed by atoms with Crippen LogP contribution in [-0.2, 0) is 19.7 Å². The highest BCUT2D eigenvalue weighted by Crippen LogP contribution is 2.30. The highest BCUT2D eigenvalue weighted by atomic mass is 16.6. The number of aliphatic hydroxyl groups is 1. The summed E-state index contributed by atoms with van der Waals surface area (Å²) in [6.45, 7) is 2.47. The summed E-state index contributed by atoms with van der Waals surface area (Å²) in [5, 5.41) is 12.2. The normalized spacial score (nSPS) is 13.4. The number of nitrogens with one attached hydrogen (secondary N) is 1. The van der Waals surface area contributed by atoms with Crippen LogP contribution in [0.25, 0.3) is 0 Å². The summed E-state index contributed by atoms with van der Waals surface area (Å²) >= 11 is 0. The van der Waals surface area contributed by atoms with E-state index in [0.717, 1.165) is 22.8 Å². The van der Waals surface area contributed by atoms with Gasteiger partial charge in [-0.25, -0.2) is 0 Å². The fraction of sp³-hybridized carbons (Fsp3) is 0.333. The van der Waals surface area contributed by atoms with Crippen molar-refractivity contribution in [1.29, 1.82) is 0 Å². The Kier molecular flexibility index (Phi) is 3.90. The molecule has 1 aromatic heterocycles. The molecule has 0 spiro atoms. The van der Waals surface area contributed by atoms with Crippen LogP contribution in [0.15, 0.2) is 34.7 Å². The molecule has 0 amide bonds. The van der Waals surface area contributed by atoms with Gasteiger partial charge in [-0.15, -0.1) is 0 Å². The fourth-order valence-corrected chi connectivity index (χ4v) is 2.13. The minimum Gasteiger partial charge on any atom is -0.486 e. The molecule has 0 atom stereocenters. The summed E-state index contributed by atoms with van der Waals surface area (Å²) in [5.74, 6) is 3.00. The molecule has 2 aromatic rings. The van der Waals surface area contributed by atoms with Gasteiger partial charge in [-0.2, -0.15) is 0 Å². The van der Waals surface area contributed by atoms with Gasteiger partial charge in [-0.1, -0.05) is 6.07 Å². The number of aliphatic hydroxyl groups excluding tert-OH is 1. The maximum atomic E-state index is 8.93. The predicted octanol–water partition coefficient (Wildman–Crippen LogP) is 1.83. The molecule has 3 rings (SSSR count). The van der Waals surface area contributed by atoms with Crippen molar-refractivity contribution in [2.24, 2.45) is 0 Å². The summed E-state index contributed by atoms with van der Waals surface area (Å²) in [7, 11) is 0. The van der Waals surface area contributed by atoms with Gasteiger partial charge in [0.2, 0.25) is 0 Å². The fourth-order valence-electron chi connectivity index (χ4n) is 2.13. The smallest absolute Gasteiger partial charge is 0.161 e. The lowest BCUT2D eigenvalue weighted by Gasteiger charge is -2.18. The first-order chi connectivity index (χ1) is 9.85. The quantitative estimate of drug-likeness (QED) is 0.871. The monoisotopic (exact) mass is 275 g/mol. The SMILES string of the molecule is OCc1ccc(CNCc2ccc3c(c2)OCCO3)o1. The van der Waals surface area contributed by atoms with Gasteiger partial charge in [0.1, 0.15) is 31.3 Å². The Morgan fingerprint density at radius 1 is 0.950 bits per heavy atom. The van der Waals surface area contributed by atoms with Gasteiger partial charge in [0.15, 0.2) is 11.5 Å².